The Morgan fingerprint density at radius 2 is 2.23 bits per heavy atom. The Morgan fingerprint density at radius 1 is 1.50 bits per heavy atom. The van der Waals surface area contributed by atoms with Crippen molar-refractivity contribution in [3.05, 3.63) is 24.4 Å². The van der Waals surface area contributed by atoms with E-state index in [1.165, 1.54) is 5.06 Å². The van der Waals surface area contributed by atoms with Gasteiger partial charge >= 0.3 is 12.1 Å². The van der Waals surface area contributed by atoms with Gasteiger partial charge in [-0.3, -0.25) is 15.6 Å². The molecule has 2 bridgehead atoms. The van der Waals surface area contributed by atoms with Crippen LogP contribution in [0.3, 0.4) is 0 Å². The van der Waals surface area contributed by atoms with Crippen LogP contribution in [0, 0.1) is 0 Å². The molecule has 2 aliphatic heterocycles. The van der Waals surface area contributed by atoms with Gasteiger partial charge in [0.2, 0.25) is 0 Å². The number of hydrogen-bond donors (Lipinski definition) is 2. The van der Waals surface area contributed by atoms with Crippen molar-refractivity contribution in [2.45, 2.75) is 45.8 Å². The van der Waals surface area contributed by atoms with Gasteiger partial charge < -0.3 is 9.64 Å². The standard InChI is InChI=1S/C17H27N5O4/c1-6-8-25-22-13-9-12(10-21(11-13)16(22)24)19-20-14(7-2)18-15(23)26-17(3,4)5/h6,9,13,19H,1,7-8,10-11H2,2-5H3,(H,18,20,23). The summed E-state index contributed by atoms with van der Waals surface area (Å²) in [4.78, 5) is 31.2. The summed E-state index contributed by atoms with van der Waals surface area (Å²) in [5.41, 5.74) is 3.10. The largest absolute Gasteiger partial charge is 0.444 e. The second-order valence-corrected chi connectivity index (χ2v) is 6.98. The van der Waals surface area contributed by atoms with E-state index in [4.69, 9.17) is 9.57 Å². The van der Waals surface area contributed by atoms with Crippen molar-refractivity contribution in [3.8, 4) is 0 Å². The van der Waals surface area contributed by atoms with Crippen molar-refractivity contribution < 1.29 is 19.2 Å². The van der Waals surface area contributed by atoms with Gasteiger partial charge in [0.05, 0.1) is 24.9 Å². The molecule has 0 aromatic rings. The number of amidine groups is 1. The molecule has 0 aliphatic carbocycles. The third-order valence-electron chi connectivity index (χ3n) is 3.57. The highest BCUT2D eigenvalue weighted by Gasteiger charge is 2.40. The lowest BCUT2D eigenvalue weighted by Crippen LogP contribution is -2.38. The van der Waals surface area contributed by atoms with E-state index >= 15 is 0 Å². The fraction of sp³-hybridized carbons (Fsp3) is 0.588. The molecule has 1 atom stereocenters. The van der Waals surface area contributed by atoms with Crippen molar-refractivity contribution in [1.29, 1.82) is 0 Å². The molecule has 0 saturated carbocycles. The number of nitrogens with one attached hydrogen (secondary N) is 2. The molecule has 0 aromatic carbocycles. The summed E-state index contributed by atoms with van der Waals surface area (Å²) in [6.07, 6.45) is 3.45. The molecule has 26 heavy (non-hydrogen) atoms. The molecule has 0 spiro atoms. The van der Waals surface area contributed by atoms with Gasteiger partial charge in [0.1, 0.15) is 11.4 Å². The molecule has 1 unspecified atom stereocenters. The van der Waals surface area contributed by atoms with Crippen LogP contribution < -0.4 is 10.7 Å². The van der Waals surface area contributed by atoms with E-state index in [1.807, 2.05) is 13.0 Å². The molecule has 0 radical (unpaired) electrons. The molecule has 144 valence electrons. The molecule has 9 nitrogen and oxygen atoms in total. The Morgan fingerprint density at radius 3 is 2.85 bits per heavy atom. The molecule has 2 aliphatic rings. The van der Waals surface area contributed by atoms with Crippen LogP contribution in [0.15, 0.2) is 29.5 Å². The summed E-state index contributed by atoms with van der Waals surface area (Å²) < 4.78 is 5.21. The number of rotatable bonds is 6. The average molecular weight is 365 g/mol. The minimum Gasteiger partial charge on any atom is -0.444 e. The molecule has 0 aromatic heterocycles. The highest BCUT2D eigenvalue weighted by atomic mass is 16.7. The van der Waals surface area contributed by atoms with Gasteiger partial charge in [-0.25, -0.2) is 9.59 Å². The van der Waals surface area contributed by atoms with E-state index in [9.17, 15) is 9.59 Å². The number of hydrogen-bond acceptors (Lipinski definition) is 6. The van der Waals surface area contributed by atoms with Crippen LogP contribution in [0.1, 0.15) is 34.1 Å². The topological polar surface area (TPSA) is 95.5 Å². The van der Waals surface area contributed by atoms with Crippen LogP contribution >= 0.6 is 0 Å². The van der Waals surface area contributed by atoms with Gasteiger partial charge in [0, 0.05) is 13.0 Å². The predicted molar refractivity (Wildman–Crippen MR) is 97.1 cm³/mol. The number of hydrazone groups is 1. The third kappa shape index (κ3) is 5.22. The number of amides is 3. The number of fused-ring (bicyclic) bond motifs is 2. The number of nitrogens with zero attached hydrogens (tertiary/aromatic N) is 3. The SMILES string of the molecule is C=CCON1C(=O)N2CC(N/N=C(\CC)NC(=O)OC(C)(C)C)=CC1C2. The molecular formula is C17H27N5O4. The zero-order chi connectivity index (χ0) is 19.3. The second kappa shape index (κ2) is 8.22. The van der Waals surface area contributed by atoms with Gasteiger partial charge in [-0.15, -0.1) is 6.58 Å². The smallest absolute Gasteiger partial charge is 0.413 e. The van der Waals surface area contributed by atoms with Gasteiger partial charge in [-0.1, -0.05) is 13.0 Å². The fourth-order valence-electron chi connectivity index (χ4n) is 2.52. The first kappa shape index (κ1) is 19.8. The van der Waals surface area contributed by atoms with Crippen molar-refractivity contribution in [3.63, 3.8) is 0 Å². The summed E-state index contributed by atoms with van der Waals surface area (Å²) in [6, 6.07) is -0.366. The highest BCUT2D eigenvalue weighted by Crippen LogP contribution is 2.23. The maximum atomic E-state index is 12.2. The Balaban J connectivity index is 1.97. The zero-order valence-corrected chi connectivity index (χ0v) is 15.7. The van der Waals surface area contributed by atoms with Crippen molar-refractivity contribution in [2.24, 2.45) is 5.10 Å². The van der Waals surface area contributed by atoms with Crippen molar-refractivity contribution >= 4 is 18.0 Å². The Labute approximate surface area is 153 Å². The molecule has 1 saturated heterocycles. The van der Waals surface area contributed by atoms with Crippen LogP contribution in [-0.4, -0.2) is 59.3 Å². The first-order chi connectivity index (χ1) is 12.2. The van der Waals surface area contributed by atoms with Crippen LogP contribution in [-0.2, 0) is 9.57 Å². The van der Waals surface area contributed by atoms with Crippen LogP contribution in [0.25, 0.3) is 0 Å². The third-order valence-corrected chi connectivity index (χ3v) is 3.57. The number of urea groups is 1. The Kier molecular flexibility index (Phi) is 6.25. The maximum Gasteiger partial charge on any atom is 0.413 e. The van der Waals surface area contributed by atoms with Gasteiger partial charge in [0.15, 0.2) is 0 Å². The number of carbonyl (C=O) groups excluding carboxylic acids is 2. The summed E-state index contributed by atoms with van der Waals surface area (Å²) in [5.74, 6) is 0.444. The monoisotopic (exact) mass is 365 g/mol. The van der Waals surface area contributed by atoms with Crippen LogP contribution in [0.4, 0.5) is 9.59 Å². The molecule has 2 heterocycles. The van der Waals surface area contributed by atoms with E-state index in [1.54, 1.807) is 31.7 Å². The van der Waals surface area contributed by atoms with Crippen LogP contribution in [0.5, 0.6) is 0 Å². The molecule has 2 rings (SSSR count). The summed E-state index contributed by atoms with van der Waals surface area (Å²) in [5, 5.41) is 8.18. The molecule has 1 fully saturated rings. The quantitative estimate of drug-likeness (QED) is 0.325. The lowest BCUT2D eigenvalue weighted by molar-refractivity contribution is -0.107. The van der Waals surface area contributed by atoms with Gasteiger partial charge in [0.25, 0.3) is 0 Å². The van der Waals surface area contributed by atoms with Crippen molar-refractivity contribution in [1.82, 2.24) is 20.7 Å². The zero-order valence-electron chi connectivity index (χ0n) is 15.7. The number of alkyl carbamates (subject to hydrolysis) is 1. The van der Waals surface area contributed by atoms with E-state index in [0.717, 1.165) is 5.70 Å². The van der Waals surface area contributed by atoms with E-state index < -0.39 is 11.7 Å². The first-order valence-electron chi connectivity index (χ1n) is 8.58. The van der Waals surface area contributed by atoms with E-state index in [-0.39, 0.29) is 18.7 Å². The second-order valence-electron chi connectivity index (χ2n) is 6.98. The average Bonchev–Trinajstić information content (AvgIpc) is 2.77. The van der Waals surface area contributed by atoms with Crippen LogP contribution in [0.2, 0.25) is 0 Å². The number of carbonyl (C=O) groups is 2. The highest BCUT2D eigenvalue weighted by molar-refractivity contribution is 5.95. The molecule has 9 heteroatoms. The maximum absolute atomic E-state index is 12.2. The molecule has 2 N–H and O–H groups in total. The molecule has 3 amide bonds. The molecular weight excluding hydrogens is 338 g/mol. The fourth-order valence-corrected chi connectivity index (χ4v) is 2.52. The number of hydroxylamine groups is 2. The summed E-state index contributed by atoms with van der Waals surface area (Å²) in [7, 11) is 0. The van der Waals surface area contributed by atoms with E-state index in [0.29, 0.717) is 25.3 Å². The minimum absolute atomic E-state index is 0.183. The first-order valence-corrected chi connectivity index (χ1v) is 8.58. The predicted octanol–water partition coefficient (Wildman–Crippen LogP) is 1.95. The van der Waals surface area contributed by atoms with Crippen molar-refractivity contribution in [2.75, 3.05) is 19.7 Å². The Bertz CT molecular complexity index is 623. The van der Waals surface area contributed by atoms with Gasteiger partial charge in [-0.2, -0.15) is 10.2 Å². The normalized spacial score (nSPS) is 20.0. The van der Waals surface area contributed by atoms with Gasteiger partial charge in [-0.05, 0) is 26.8 Å². The lowest BCUT2D eigenvalue weighted by atomic mass is 10.2. The minimum atomic E-state index is -0.579. The number of ether oxygens (including phenoxy) is 1. The summed E-state index contributed by atoms with van der Waals surface area (Å²) >= 11 is 0. The summed E-state index contributed by atoms with van der Waals surface area (Å²) in [6.45, 7) is 12.1. The Hall–Kier alpha value is -2.55. The van der Waals surface area contributed by atoms with E-state index in [2.05, 4.69) is 22.4 Å². The lowest BCUT2D eigenvalue weighted by Gasteiger charge is -2.22.